The van der Waals surface area contributed by atoms with Crippen molar-refractivity contribution in [1.29, 1.82) is 0 Å². The van der Waals surface area contributed by atoms with Crippen LogP contribution in [0.3, 0.4) is 0 Å². The molecule has 0 saturated carbocycles. The summed E-state index contributed by atoms with van der Waals surface area (Å²) < 4.78 is 31.8. The van der Waals surface area contributed by atoms with Crippen LogP contribution in [-0.2, 0) is 10.1 Å². The molecule has 6 heteroatoms. The summed E-state index contributed by atoms with van der Waals surface area (Å²) in [5, 5.41) is 3.46. The fraction of sp³-hybridized carbons (Fsp3) is 0.100. The molecule has 0 aromatic heterocycles. The fourth-order valence-electron chi connectivity index (χ4n) is 2.75. The SMILES string of the molecule is Cc1cccc(P(c2ccc(S(=O)(=O)O)cc2)c2cccc(C)c2)c1.[H-].[Li+]. The van der Waals surface area contributed by atoms with E-state index in [0.717, 1.165) is 5.30 Å². The Labute approximate surface area is 169 Å². The van der Waals surface area contributed by atoms with Crippen LogP contribution in [0.2, 0.25) is 0 Å². The second-order valence-corrected chi connectivity index (χ2v) is 9.62. The van der Waals surface area contributed by atoms with Crippen LogP contribution in [0, 0.1) is 13.8 Å². The Balaban J connectivity index is 0.00000182. The van der Waals surface area contributed by atoms with Gasteiger partial charge in [0.25, 0.3) is 10.1 Å². The van der Waals surface area contributed by atoms with Crippen molar-refractivity contribution in [2.24, 2.45) is 0 Å². The Morgan fingerprint density at radius 2 is 1.23 bits per heavy atom. The largest absolute Gasteiger partial charge is 1.00 e. The van der Waals surface area contributed by atoms with Crippen LogP contribution in [0.4, 0.5) is 0 Å². The molecule has 3 aromatic rings. The second-order valence-electron chi connectivity index (χ2n) is 5.98. The molecule has 3 rings (SSSR count). The number of benzene rings is 3. The quantitative estimate of drug-likeness (QED) is 0.407. The van der Waals surface area contributed by atoms with E-state index in [1.54, 1.807) is 12.1 Å². The third kappa shape index (κ3) is 4.85. The maximum absolute atomic E-state index is 11.3. The minimum Gasteiger partial charge on any atom is -1.00 e. The molecule has 26 heavy (non-hydrogen) atoms. The van der Waals surface area contributed by atoms with Crippen LogP contribution in [0.15, 0.2) is 77.7 Å². The van der Waals surface area contributed by atoms with Gasteiger partial charge in [-0.2, -0.15) is 8.42 Å². The molecule has 0 radical (unpaired) electrons. The molecule has 0 bridgehead atoms. The van der Waals surface area contributed by atoms with E-state index >= 15 is 0 Å². The first-order valence-electron chi connectivity index (χ1n) is 7.85. The molecular formula is C20H20LiO3PS. The molecule has 1 N–H and O–H groups in total. The minimum absolute atomic E-state index is 0. The topological polar surface area (TPSA) is 54.4 Å². The van der Waals surface area contributed by atoms with Crippen LogP contribution >= 0.6 is 7.92 Å². The van der Waals surface area contributed by atoms with Crippen molar-refractivity contribution < 1.29 is 33.3 Å². The summed E-state index contributed by atoms with van der Waals surface area (Å²) in [6.45, 7) is 4.13. The van der Waals surface area contributed by atoms with Crippen LogP contribution < -0.4 is 34.8 Å². The maximum Gasteiger partial charge on any atom is 1.00 e. The van der Waals surface area contributed by atoms with Gasteiger partial charge in [0.05, 0.1) is 4.90 Å². The molecule has 0 unspecified atom stereocenters. The summed E-state index contributed by atoms with van der Waals surface area (Å²) in [6.07, 6.45) is 0. The number of hydrogen-bond acceptors (Lipinski definition) is 2. The van der Waals surface area contributed by atoms with Crippen LogP contribution in [0.1, 0.15) is 12.6 Å². The third-order valence-electron chi connectivity index (χ3n) is 3.91. The van der Waals surface area contributed by atoms with Crippen LogP contribution in [-0.4, -0.2) is 13.0 Å². The molecular weight excluding hydrogens is 358 g/mol. The zero-order valence-corrected chi connectivity index (χ0v) is 16.8. The molecule has 0 spiro atoms. The van der Waals surface area contributed by atoms with E-state index in [9.17, 15) is 13.0 Å². The normalized spacial score (nSPS) is 11.2. The molecule has 0 aliphatic carbocycles. The average molecular weight is 378 g/mol. The van der Waals surface area contributed by atoms with Gasteiger partial charge in [-0.25, -0.2) is 0 Å². The van der Waals surface area contributed by atoms with Crippen molar-refractivity contribution in [3.8, 4) is 0 Å². The monoisotopic (exact) mass is 378 g/mol. The van der Waals surface area contributed by atoms with Gasteiger partial charge < -0.3 is 1.43 Å². The zero-order chi connectivity index (χ0) is 18.0. The van der Waals surface area contributed by atoms with Crippen molar-refractivity contribution in [3.05, 3.63) is 83.9 Å². The van der Waals surface area contributed by atoms with Crippen molar-refractivity contribution in [2.75, 3.05) is 0 Å². The van der Waals surface area contributed by atoms with Gasteiger partial charge in [0.2, 0.25) is 0 Å². The smallest absolute Gasteiger partial charge is 1.00 e. The Morgan fingerprint density at radius 1 is 0.769 bits per heavy atom. The Bertz CT molecular complexity index is 962. The van der Waals surface area contributed by atoms with E-state index in [1.807, 2.05) is 12.1 Å². The molecule has 0 saturated heterocycles. The first kappa shape index (κ1) is 20.9. The van der Waals surface area contributed by atoms with E-state index in [0.29, 0.717) is 0 Å². The van der Waals surface area contributed by atoms with Crippen LogP contribution in [0.5, 0.6) is 0 Å². The molecule has 0 heterocycles. The van der Waals surface area contributed by atoms with Crippen LogP contribution in [0.25, 0.3) is 0 Å². The predicted molar refractivity (Wildman–Crippen MR) is 106 cm³/mol. The van der Waals surface area contributed by atoms with Gasteiger partial charge in [-0.3, -0.25) is 4.55 Å². The van der Waals surface area contributed by atoms with Gasteiger partial charge in [0.1, 0.15) is 0 Å². The summed E-state index contributed by atoms with van der Waals surface area (Å²) in [7, 11) is -4.98. The zero-order valence-electron chi connectivity index (χ0n) is 16.0. The van der Waals surface area contributed by atoms with E-state index < -0.39 is 18.0 Å². The average Bonchev–Trinajstić information content (AvgIpc) is 2.55. The molecule has 0 fully saturated rings. The van der Waals surface area contributed by atoms with Crippen molar-refractivity contribution in [1.82, 2.24) is 0 Å². The van der Waals surface area contributed by atoms with Crippen molar-refractivity contribution in [3.63, 3.8) is 0 Å². The number of hydrogen-bond donors (Lipinski definition) is 1. The fourth-order valence-corrected chi connectivity index (χ4v) is 5.71. The van der Waals surface area contributed by atoms with Gasteiger partial charge >= 0.3 is 18.9 Å². The Morgan fingerprint density at radius 3 is 1.62 bits per heavy atom. The van der Waals surface area contributed by atoms with Crippen molar-refractivity contribution >= 4 is 34.0 Å². The molecule has 0 amide bonds. The van der Waals surface area contributed by atoms with Gasteiger partial charge in [-0.05, 0) is 49.8 Å². The van der Waals surface area contributed by atoms with Gasteiger partial charge in [0, 0.05) is 0 Å². The second kappa shape index (κ2) is 8.52. The molecule has 3 aromatic carbocycles. The van der Waals surface area contributed by atoms with Gasteiger partial charge in [-0.1, -0.05) is 71.8 Å². The van der Waals surface area contributed by atoms with E-state index in [4.69, 9.17) is 0 Å². The first-order valence-corrected chi connectivity index (χ1v) is 10.6. The molecule has 3 nitrogen and oxygen atoms in total. The van der Waals surface area contributed by atoms with Gasteiger partial charge in [-0.15, -0.1) is 0 Å². The summed E-state index contributed by atoms with van der Waals surface area (Å²) >= 11 is 0. The number of rotatable bonds is 4. The van der Waals surface area contributed by atoms with E-state index in [2.05, 4.69) is 50.2 Å². The van der Waals surface area contributed by atoms with Gasteiger partial charge in [0.15, 0.2) is 0 Å². The first-order chi connectivity index (χ1) is 11.8. The molecule has 0 aliphatic rings. The maximum atomic E-state index is 11.3. The Hall–Kier alpha value is -1.40. The van der Waals surface area contributed by atoms with E-state index in [-0.39, 0.29) is 25.2 Å². The molecule has 0 atom stereocenters. The number of aryl methyl sites for hydroxylation is 2. The predicted octanol–water partition coefficient (Wildman–Crippen LogP) is 0.425. The van der Waals surface area contributed by atoms with E-state index in [1.165, 1.54) is 33.9 Å². The van der Waals surface area contributed by atoms with Crippen molar-refractivity contribution in [2.45, 2.75) is 18.7 Å². The summed E-state index contributed by atoms with van der Waals surface area (Å²) in [5.74, 6) is 0. The summed E-state index contributed by atoms with van der Waals surface area (Å²) in [4.78, 5) is -0.0836. The third-order valence-corrected chi connectivity index (χ3v) is 7.18. The molecule has 130 valence electrons. The minimum atomic E-state index is -4.18. The summed E-state index contributed by atoms with van der Waals surface area (Å²) in [6, 6.07) is 23.3. The standard InChI is InChI=1S/C20H19O3PS.Li.H/c1-15-5-3-7-18(13-15)24(19-8-4-6-16(2)14-19)17-9-11-20(12-10-17)25(21,22)23;;/h3-14H,1-2H3,(H,21,22,23);;/q;+1;-1. The molecule has 0 aliphatic heterocycles. The summed E-state index contributed by atoms with van der Waals surface area (Å²) in [5.41, 5.74) is 2.37. The Kier molecular flexibility index (Phi) is 6.85.